The van der Waals surface area contributed by atoms with Crippen molar-refractivity contribution in [3.63, 3.8) is 0 Å². The Bertz CT molecular complexity index is 376. The molecule has 1 saturated carbocycles. The van der Waals surface area contributed by atoms with Gasteiger partial charge in [0.05, 0.1) is 6.10 Å². The van der Waals surface area contributed by atoms with E-state index < -0.39 is 0 Å². The lowest BCUT2D eigenvalue weighted by molar-refractivity contribution is -0.00157. The molecule has 0 aromatic heterocycles. The molecule has 4 unspecified atom stereocenters. The van der Waals surface area contributed by atoms with Crippen LogP contribution in [0.1, 0.15) is 38.7 Å². The fraction of sp³-hybridized carbons (Fsp3) is 0.625. The summed E-state index contributed by atoms with van der Waals surface area (Å²) >= 11 is 0. The number of hydrogen-bond donors (Lipinski definition) is 2. The van der Waals surface area contributed by atoms with Crippen molar-refractivity contribution in [3.8, 4) is 0 Å². The second-order valence-electron chi connectivity index (χ2n) is 6.06. The van der Waals surface area contributed by atoms with Gasteiger partial charge in [-0.05, 0) is 42.1 Å². The van der Waals surface area contributed by atoms with E-state index in [4.69, 9.17) is 0 Å². The minimum Gasteiger partial charge on any atom is -0.396 e. The van der Waals surface area contributed by atoms with Crippen LogP contribution in [0.2, 0.25) is 0 Å². The van der Waals surface area contributed by atoms with E-state index in [0.29, 0.717) is 0 Å². The number of benzene rings is 1. The van der Waals surface area contributed by atoms with Crippen LogP contribution in [0.15, 0.2) is 30.3 Å². The summed E-state index contributed by atoms with van der Waals surface area (Å²) in [4.78, 5) is 0. The summed E-state index contributed by atoms with van der Waals surface area (Å²) in [5.74, 6) is 0.437. The summed E-state index contributed by atoms with van der Waals surface area (Å²) in [6, 6.07) is 10.5. The third-order valence-corrected chi connectivity index (χ3v) is 4.67. The molecule has 0 amide bonds. The van der Waals surface area contributed by atoms with Gasteiger partial charge >= 0.3 is 0 Å². The zero-order valence-corrected chi connectivity index (χ0v) is 11.3. The van der Waals surface area contributed by atoms with Crippen LogP contribution >= 0.6 is 0 Å². The van der Waals surface area contributed by atoms with Gasteiger partial charge in [0, 0.05) is 6.61 Å². The van der Waals surface area contributed by atoms with Gasteiger partial charge in [0.1, 0.15) is 0 Å². The molecule has 2 rings (SSSR count). The second kappa shape index (κ2) is 5.41. The zero-order chi connectivity index (χ0) is 13.2. The quantitative estimate of drug-likeness (QED) is 0.863. The lowest BCUT2D eigenvalue weighted by atomic mass is 9.64. The summed E-state index contributed by atoms with van der Waals surface area (Å²) in [6.07, 6.45) is 2.58. The molecular formula is C16H24O2. The van der Waals surface area contributed by atoms with Crippen molar-refractivity contribution < 1.29 is 10.2 Å². The largest absolute Gasteiger partial charge is 0.396 e. The topological polar surface area (TPSA) is 40.5 Å². The SMILES string of the molecule is CC(CO)C1CCC(C)(c2ccccc2)CC1O. The van der Waals surface area contributed by atoms with Crippen LogP contribution in [0.5, 0.6) is 0 Å². The highest BCUT2D eigenvalue weighted by molar-refractivity contribution is 5.25. The van der Waals surface area contributed by atoms with Gasteiger partial charge in [-0.15, -0.1) is 0 Å². The molecular weight excluding hydrogens is 224 g/mol. The summed E-state index contributed by atoms with van der Waals surface area (Å²) in [6.45, 7) is 4.44. The van der Waals surface area contributed by atoms with Gasteiger partial charge < -0.3 is 10.2 Å². The second-order valence-corrected chi connectivity index (χ2v) is 6.06. The average molecular weight is 248 g/mol. The van der Waals surface area contributed by atoms with E-state index in [9.17, 15) is 10.2 Å². The van der Waals surface area contributed by atoms with Crippen molar-refractivity contribution >= 4 is 0 Å². The van der Waals surface area contributed by atoms with E-state index in [1.807, 2.05) is 13.0 Å². The maximum Gasteiger partial charge on any atom is 0.0580 e. The molecule has 100 valence electrons. The van der Waals surface area contributed by atoms with Crippen LogP contribution in [-0.4, -0.2) is 22.9 Å². The molecule has 1 aromatic rings. The van der Waals surface area contributed by atoms with E-state index >= 15 is 0 Å². The Hall–Kier alpha value is -0.860. The minimum atomic E-state index is -0.300. The highest BCUT2D eigenvalue weighted by Crippen LogP contribution is 2.43. The lowest BCUT2D eigenvalue weighted by Crippen LogP contribution is -2.41. The molecule has 0 radical (unpaired) electrons. The first-order valence-corrected chi connectivity index (χ1v) is 6.91. The molecule has 1 fully saturated rings. The van der Waals surface area contributed by atoms with Gasteiger partial charge in [-0.2, -0.15) is 0 Å². The maximum atomic E-state index is 10.4. The number of rotatable bonds is 3. The van der Waals surface area contributed by atoms with Crippen molar-refractivity contribution in [2.75, 3.05) is 6.61 Å². The zero-order valence-electron chi connectivity index (χ0n) is 11.3. The third-order valence-electron chi connectivity index (χ3n) is 4.67. The van der Waals surface area contributed by atoms with E-state index in [1.165, 1.54) is 5.56 Å². The molecule has 18 heavy (non-hydrogen) atoms. The highest BCUT2D eigenvalue weighted by atomic mass is 16.3. The van der Waals surface area contributed by atoms with E-state index in [1.54, 1.807) is 0 Å². The Morgan fingerprint density at radius 1 is 1.33 bits per heavy atom. The molecule has 0 spiro atoms. The summed E-state index contributed by atoms with van der Waals surface area (Å²) in [7, 11) is 0. The Morgan fingerprint density at radius 2 is 2.00 bits per heavy atom. The first-order chi connectivity index (χ1) is 8.57. The molecule has 1 aliphatic carbocycles. The summed E-state index contributed by atoms with van der Waals surface area (Å²) in [5, 5.41) is 19.6. The number of hydrogen-bond acceptors (Lipinski definition) is 2. The smallest absolute Gasteiger partial charge is 0.0580 e. The summed E-state index contributed by atoms with van der Waals surface area (Å²) in [5.41, 5.74) is 1.39. The third kappa shape index (κ3) is 2.60. The monoisotopic (exact) mass is 248 g/mol. The van der Waals surface area contributed by atoms with Gasteiger partial charge in [0.2, 0.25) is 0 Å². The van der Waals surface area contributed by atoms with Gasteiger partial charge in [0.15, 0.2) is 0 Å². The molecule has 1 aromatic carbocycles. The molecule has 0 saturated heterocycles. The molecule has 2 nitrogen and oxygen atoms in total. The first kappa shape index (κ1) is 13.6. The van der Waals surface area contributed by atoms with E-state index in [-0.39, 0.29) is 30.0 Å². The average Bonchev–Trinajstić information content (AvgIpc) is 2.39. The lowest BCUT2D eigenvalue weighted by Gasteiger charge is -2.42. The normalized spacial score (nSPS) is 34.2. The highest BCUT2D eigenvalue weighted by Gasteiger charge is 2.39. The molecule has 1 aliphatic rings. The van der Waals surface area contributed by atoms with Crippen molar-refractivity contribution in [3.05, 3.63) is 35.9 Å². The maximum absolute atomic E-state index is 10.4. The van der Waals surface area contributed by atoms with E-state index in [2.05, 4.69) is 31.2 Å². The fourth-order valence-electron chi connectivity index (χ4n) is 3.29. The van der Waals surface area contributed by atoms with Crippen LogP contribution in [0.3, 0.4) is 0 Å². The Balaban J connectivity index is 2.12. The molecule has 4 atom stereocenters. The van der Waals surface area contributed by atoms with Crippen molar-refractivity contribution in [2.24, 2.45) is 11.8 Å². The molecule has 0 bridgehead atoms. The van der Waals surface area contributed by atoms with Crippen LogP contribution in [-0.2, 0) is 5.41 Å². The van der Waals surface area contributed by atoms with Gasteiger partial charge in [-0.3, -0.25) is 0 Å². The minimum absolute atomic E-state index is 0.0757. The standard InChI is InChI=1S/C16H24O2/c1-12(11-17)14-8-9-16(2,10-15(14)18)13-6-4-3-5-7-13/h3-7,12,14-15,17-18H,8-11H2,1-2H3. The van der Waals surface area contributed by atoms with Gasteiger partial charge in [-0.1, -0.05) is 44.2 Å². The summed E-state index contributed by atoms with van der Waals surface area (Å²) < 4.78 is 0. The van der Waals surface area contributed by atoms with Crippen LogP contribution in [0, 0.1) is 11.8 Å². The molecule has 0 heterocycles. The Labute approximate surface area is 110 Å². The Morgan fingerprint density at radius 3 is 2.56 bits per heavy atom. The van der Waals surface area contributed by atoms with Crippen LogP contribution in [0.4, 0.5) is 0 Å². The predicted octanol–water partition coefficient (Wildman–Crippen LogP) is 2.73. The van der Waals surface area contributed by atoms with Crippen molar-refractivity contribution in [1.82, 2.24) is 0 Å². The van der Waals surface area contributed by atoms with Crippen LogP contribution in [0.25, 0.3) is 0 Å². The molecule has 2 heteroatoms. The Kier molecular flexibility index (Phi) is 4.08. The van der Waals surface area contributed by atoms with E-state index in [0.717, 1.165) is 19.3 Å². The van der Waals surface area contributed by atoms with Gasteiger partial charge in [0.25, 0.3) is 0 Å². The van der Waals surface area contributed by atoms with Crippen LogP contribution < -0.4 is 0 Å². The van der Waals surface area contributed by atoms with Crippen molar-refractivity contribution in [2.45, 2.75) is 44.6 Å². The predicted molar refractivity (Wildman–Crippen MR) is 73.4 cm³/mol. The first-order valence-electron chi connectivity index (χ1n) is 6.91. The van der Waals surface area contributed by atoms with Gasteiger partial charge in [-0.25, -0.2) is 0 Å². The fourth-order valence-corrected chi connectivity index (χ4v) is 3.29. The number of aliphatic hydroxyl groups is 2. The number of aliphatic hydroxyl groups excluding tert-OH is 2. The molecule has 2 N–H and O–H groups in total. The molecule has 0 aliphatic heterocycles. The van der Waals surface area contributed by atoms with Crippen molar-refractivity contribution in [1.29, 1.82) is 0 Å².